The highest BCUT2D eigenvalue weighted by molar-refractivity contribution is 7.91. The average Bonchev–Trinajstić information content (AvgIpc) is 2.55. The third-order valence-electron chi connectivity index (χ3n) is 3.92. The van der Waals surface area contributed by atoms with Crippen molar-refractivity contribution in [1.29, 1.82) is 0 Å². The largest absolute Gasteiger partial charge is 0.748 e. The average molecular weight is 385 g/mol. The summed E-state index contributed by atoms with van der Waals surface area (Å²) in [5.41, 5.74) is 0. The van der Waals surface area contributed by atoms with E-state index in [4.69, 9.17) is 0 Å². The highest BCUT2D eigenvalue weighted by Crippen LogP contribution is 2.12. The second-order valence-corrected chi connectivity index (χ2v) is 9.79. The predicted molar refractivity (Wildman–Crippen MR) is 107 cm³/mol. The summed E-state index contributed by atoms with van der Waals surface area (Å²) in [5, 5.41) is 0. The van der Waals surface area contributed by atoms with E-state index in [0.717, 1.165) is 11.5 Å². The molecule has 0 rings (SSSR count). The van der Waals surface area contributed by atoms with Crippen LogP contribution >= 0.6 is 0 Å². The van der Waals surface area contributed by atoms with Gasteiger partial charge in [-0.3, -0.25) is 0 Å². The summed E-state index contributed by atoms with van der Waals surface area (Å²) < 4.78 is 37.8. The van der Waals surface area contributed by atoms with Gasteiger partial charge < -0.3 is 4.55 Å². The predicted octanol–water partition coefficient (Wildman–Crippen LogP) is 5.35. The van der Waals surface area contributed by atoms with Crippen molar-refractivity contribution in [3.63, 3.8) is 0 Å². The molecule has 0 bridgehead atoms. The number of unbranched alkanes of at least 4 members (excludes halogenated alkanes) is 11. The molecule has 24 heavy (non-hydrogen) atoms. The summed E-state index contributed by atoms with van der Waals surface area (Å²) in [6.45, 7) is 5.66. The standard InChI is InChI=1S/C16H35OS.C2H6O3S/c1-3-5-6-7-8-9-10-11-12-13-14-15-16-18(17)4-2;1-2-6(3,4)5/h17H,3-16H2,1-2H3;2H2,1H3,(H,3,4,5)/q+1;/p-1. The second-order valence-electron chi connectivity index (χ2n) is 6.19. The first-order valence-corrected chi connectivity index (χ1v) is 12.8. The summed E-state index contributed by atoms with van der Waals surface area (Å²) in [7, 11) is -3.91. The lowest BCUT2D eigenvalue weighted by molar-refractivity contribution is 0.464. The molecule has 0 aliphatic carbocycles. The summed E-state index contributed by atoms with van der Waals surface area (Å²) in [4.78, 5) is 0. The molecule has 0 aromatic carbocycles. The van der Waals surface area contributed by atoms with Gasteiger partial charge in [-0.25, -0.2) is 8.42 Å². The van der Waals surface area contributed by atoms with Crippen molar-refractivity contribution in [2.75, 3.05) is 17.3 Å². The molecule has 6 heteroatoms. The van der Waals surface area contributed by atoms with Gasteiger partial charge in [0.25, 0.3) is 0 Å². The molecule has 0 fully saturated rings. The van der Waals surface area contributed by atoms with Gasteiger partial charge >= 0.3 is 0 Å². The number of rotatable bonds is 15. The molecule has 0 radical (unpaired) electrons. The first-order valence-electron chi connectivity index (χ1n) is 9.67. The topological polar surface area (TPSA) is 77.4 Å². The first-order chi connectivity index (χ1) is 11.4. The molecular formula is C18H40O4S2. The van der Waals surface area contributed by atoms with Gasteiger partial charge in [-0.1, -0.05) is 78.1 Å². The minimum atomic E-state index is -3.91. The third kappa shape index (κ3) is 27.1. The van der Waals surface area contributed by atoms with Crippen LogP contribution in [0.3, 0.4) is 0 Å². The van der Waals surface area contributed by atoms with Crippen molar-refractivity contribution >= 4 is 21.3 Å². The Labute approximate surface area is 154 Å². The van der Waals surface area contributed by atoms with Crippen LogP contribution in [0.2, 0.25) is 0 Å². The Hall–Kier alpha value is 0.220. The van der Waals surface area contributed by atoms with Crippen molar-refractivity contribution < 1.29 is 17.5 Å². The quantitative estimate of drug-likeness (QED) is 0.234. The van der Waals surface area contributed by atoms with E-state index in [1.54, 1.807) is 0 Å². The van der Waals surface area contributed by atoms with E-state index in [-0.39, 0.29) is 16.9 Å². The molecule has 0 aliphatic rings. The van der Waals surface area contributed by atoms with E-state index in [1.807, 2.05) is 0 Å². The Balaban J connectivity index is 0. The number of hydrogen-bond donors (Lipinski definition) is 1. The maximum atomic E-state index is 9.45. The zero-order valence-electron chi connectivity index (χ0n) is 16.1. The molecule has 0 heterocycles. The van der Waals surface area contributed by atoms with Crippen LogP contribution in [0.15, 0.2) is 0 Å². The molecule has 0 amide bonds. The van der Waals surface area contributed by atoms with E-state index in [0.29, 0.717) is 0 Å². The Morgan fingerprint density at radius 2 is 1.08 bits per heavy atom. The van der Waals surface area contributed by atoms with Crippen molar-refractivity contribution in [1.82, 2.24) is 0 Å². The minimum Gasteiger partial charge on any atom is -0.748 e. The van der Waals surface area contributed by atoms with Crippen molar-refractivity contribution in [3.05, 3.63) is 0 Å². The molecule has 4 nitrogen and oxygen atoms in total. The van der Waals surface area contributed by atoms with E-state index in [2.05, 4.69) is 13.8 Å². The van der Waals surface area contributed by atoms with Crippen LogP contribution in [-0.4, -0.2) is 34.8 Å². The minimum absolute atomic E-state index is 0.292. The van der Waals surface area contributed by atoms with E-state index in [9.17, 15) is 17.5 Å². The highest BCUT2D eigenvalue weighted by Gasteiger charge is 2.09. The van der Waals surface area contributed by atoms with Gasteiger partial charge in [-0.05, 0) is 19.8 Å². The second kappa shape index (κ2) is 19.5. The molecule has 1 unspecified atom stereocenters. The van der Waals surface area contributed by atoms with Crippen LogP contribution < -0.4 is 0 Å². The molecule has 0 saturated heterocycles. The molecule has 0 aromatic rings. The molecule has 0 saturated carbocycles. The molecule has 0 aromatic heterocycles. The van der Waals surface area contributed by atoms with Gasteiger partial charge in [-0.2, -0.15) is 4.55 Å². The summed E-state index contributed by atoms with van der Waals surface area (Å²) in [5.74, 6) is 1.67. The van der Waals surface area contributed by atoms with Crippen LogP contribution in [0.5, 0.6) is 0 Å². The van der Waals surface area contributed by atoms with Crippen molar-refractivity contribution in [2.24, 2.45) is 0 Å². The van der Waals surface area contributed by atoms with E-state index in [1.165, 1.54) is 84.0 Å². The van der Waals surface area contributed by atoms with Gasteiger partial charge in [0, 0.05) is 5.75 Å². The number of hydrogen-bond acceptors (Lipinski definition) is 4. The van der Waals surface area contributed by atoms with Gasteiger partial charge in [0.05, 0.1) is 10.1 Å². The van der Waals surface area contributed by atoms with Gasteiger partial charge in [0.15, 0.2) is 0 Å². The van der Waals surface area contributed by atoms with Crippen molar-refractivity contribution in [2.45, 2.75) is 97.8 Å². The normalized spacial score (nSPS) is 12.5. The van der Waals surface area contributed by atoms with Crippen LogP contribution in [0, 0.1) is 0 Å². The summed E-state index contributed by atoms with van der Waals surface area (Å²) in [6, 6.07) is 0. The van der Waals surface area contributed by atoms with E-state index < -0.39 is 10.1 Å². The Kier molecular flexibility index (Phi) is 21.5. The van der Waals surface area contributed by atoms with E-state index >= 15 is 0 Å². The molecule has 0 aliphatic heterocycles. The van der Waals surface area contributed by atoms with Crippen molar-refractivity contribution in [3.8, 4) is 0 Å². The maximum absolute atomic E-state index is 9.45. The zero-order chi connectivity index (χ0) is 18.7. The van der Waals surface area contributed by atoms with Crippen LogP contribution in [0.4, 0.5) is 0 Å². The summed E-state index contributed by atoms with van der Waals surface area (Å²) >= 11 is -0.292. The van der Waals surface area contributed by atoms with Gasteiger partial charge in [-0.15, -0.1) is 0 Å². The Bertz CT molecular complexity index is 332. The maximum Gasteiger partial charge on any atom is 0.143 e. The monoisotopic (exact) mass is 384 g/mol. The fraction of sp³-hybridized carbons (Fsp3) is 1.00. The Morgan fingerprint density at radius 3 is 1.38 bits per heavy atom. The van der Waals surface area contributed by atoms with Crippen LogP contribution in [-0.2, 0) is 21.3 Å². The molecule has 1 atom stereocenters. The lowest BCUT2D eigenvalue weighted by atomic mass is 10.1. The fourth-order valence-electron chi connectivity index (χ4n) is 2.25. The lowest BCUT2D eigenvalue weighted by Crippen LogP contribution is -2.07. The highest BCUT2D eigenvalue weighted by atomic mass is 32.2. The molecule has 0 spiro atoms. The third-order valence-corrected chi connectivity index (χ3v) is 6.05. The van der Waals surface area contributed by atoms with Gasteiger partial charge in [0.2, 0.25) is 0 Å². The molecule has 1 N–H and O–H groups in total. The lowest BCUT2D eigenvalue weighted by Gasteiger charge is -2.02. The van der Waals surface area contributed by atoms with Crippen LogP contribution in [0.1, 0.15) is 97.8 Å². The smallest absolute Gasteiger partial charge is 0.143 e. The van der Waals surface area contributed by atoms with Crippen LogP contribution in [0.25, 0.3) is 0 Å². The van der Waals surface area contributed by atoms with Gasteiger partial charge in [0.1, 0.15) is 22.7 Å². The Morgan fingerprint density at radius 1 is 0.750 bits per heavy atom. The summed E-state index contributed by atoms with van der Waals surface area (Å²) in [6.07, 6.45) is 16.7. The fourth-order valence-corrected chi connectivity index (χ4v) is 3.08. The SMILES string of the molecule is CCCCCCCCCCCCCC[S+](O)CC.CCS(=O)(=O)[O-]. The molecule has 148 valence electrons. The zero-order valence-corrected chi connectivity index (χ0v) is 17.7. The molecular weight excluding hydrogens is 344 g/mol. The first kappa shape index (κ1) is 26.4.